The Morgan fingerprint density at radius 3 is 2.61 bits per heavy atom. The number of carbonyl (C=O) groups is 1. The summed E-state index contributed by atoms with van der Waals surface area (Å²) in [6.07, 6.45) is 6.28. The molecule has 4 unspecified atom stereocenters. The maximum atomic E-state index is 12.5. The number of piperidine rings is 1. The maximum Gasteiger partial charge on any atom is 0.226 e. The average Bonchev–Trinajstić information content (AvgIpc) is 2.89. The van der Waals surface area contributed by atoms with Crippen molar-refractivity contribution in [1.29, 1.82) is 0 Å². The molecule has 3 rings (SSSR count). The van der Waals surface area contributed by atoms with Crippen molar-refractivity contribution in [2.75, 3.05) is 20.1 Å². The van der Waals surface area contributed by atoms with E-state index in [4.69, 9.17) is 0 Å². The summed E-state index contributed by atoms with van der Waals surface area (Å²) >= 11 is 0. The minimum absolute atomic E-state index is 0.419. The van der Waals surface area contributed by atoms with Crippen molar-refractivity contribution in [1.82, 2.24) is 10.2 Å². The molecule has 0 bridgehead atoms. The lowest BCUT2D eigenvalue weighted by molar-refractivity contribution is -0.135. The largest absolute Gasteiger partial charge is 0.342 e. The lowest BCUT2D eigenvalue weighted by Crippen LogP contribution is -2.50. The van der Waals surface area contributed by atoms with Crippen molar-refractivity contribution in [3.05, 3.63) is 0 Å². The molecule has 0 aromatic rings. The van der Waals surface area contributed by atoms with Crippen LogP contribution < -0.4 is 5.32 Å². The topological polar surface area (TPSA) is 32.3 Å². The molecule has 3 heteroatoms. The molecule has 3 fully saturated rings. The first-order chi connectivity index (χ1) is 8.76. The first kappa shape index (κ1) is 12.5. The van der Waals surface area contributed by atoms with Gasteiger partial charge >= 0.3 is 0 Å². The highest BCUT2D eigenvalue weighted by Crippen LogP contribution is 2.58. The smallest absolute Gasteiger partial charge is 0.226 e. The van der Waals surface area contributed by atoms with Crippen molar-refractivity contribution in [2.45, 2.75) is 45.1 Å². The summed E-state index contributed by atoms with van der Waals surface area (Å²) in [5, 5.41) is 3.41. The summed E-state index contributed by atoms with van der Waals surface area (Å²) in [4.78, 5) is 14.7. The fourth-order valence-corrected chi connectivity index (χ4v) is 4.42. The van der Waals surface area contributed by atoms with Gasteiger partial charge in [0.05, 0.1) is 0 Å². The highest BCUT2D eigenvalue weighted by Gasteiger charge is 2.57. The fourth-order valence-electron chi connectivity index (χ4n) is 4.42. The Morgan fingerprint density at radius 1 is 1.28 bits per heavy atom. The molecular formula is C15H26N2O. The summed E-state index contributed by atoms with van der Waals surface area (Å²) in [7, 11) is 2.05. The van der Waals surface area contributed by atoms with Gasteiger partial charge in [0.2, 0.25) is 5.91 Å². The summed E-state index contributed by atoms with van der Waals surface area (Å²) < 4.78 is 0. The molecule has 1 saturated heterocycles. The molecule has 18 heavy (non-hydrogen) atoms. The van der Waals surface area contributed by atoms with Crippen molar-refractivity contribution < 1.29 is 4.79 Å². The normalized spacial score (nSPS) is 42.8. The predicted molar refractivity (Wildman–Crippen MR) is 72.1 cm³/mol. The van der Waals surface area contributed by atoms with Gasteiger partial charge in [0, 0.05) is 25.0 Å². The number of rotatable bonds is 3. The standard InChI is InChI=1S/C15H26N2O/c1-3-10-9-17(8-7-13(10)16-2)15(18)14-11-5-4-6-12(11)14/h10-14,16H,3-9H2,1-2H3. The number of carbonyl (C=O) groups excluding carboxylic acids is 1. The molecule has 0 spiro atoms. The van der Waals surface area contributed by atoms with E-state index in [1.165, 1.54) is 25.7 Å². The molecule has 1 aliphatic heterocycles. The Balaban J connectivity index is 1.59. The van der Waals surface area contributed by atoms with Gasteiger partial charge in [-0.25, -0.2) is 0 Å². The molecule has 0 aromatic heterocycles. The van der Waals surface area contributed by atoms with Crippen LogP contribution in [0, 0.1) is 23.7 Å². The van der Waals surface area contributed by atoms with Gasteiger partial charge in [0.25, 0.3) is 0 Å². The number of hydrogen-bond acceptors (Lipinski definition) is 2. The van der Waals surface area contributed by atoms with E-state index >= 15 is 0 Å². The second-order valence-corrected chi connectivity index (χ2v) is 6.42. The Morgan fingerprint density at radius 2 is 2.00 bits per heavy atom. The number of nitrogens with one attached hydrogen (secondary N) is 1. The predicted octanol–water partition coefficient (Wildman–Crippen LogP) is 1.88. The second-order valence-electron chi connectivity index (χ2n) is 6.42. The number of hydrogen-bond donors (Lipinski definition) is 1. The van der Waals surface area contributed by atoms with Crippen LogP contribution in [-0.2, 0) is 4.79 Å². The van der Waals surface area contributed by atoms with Gasteiger partial charge in [-0.1, -0.05) is 19.8 Å². The van der Waals surface area contributed by atoms with Crippen molar-refractivity contribution in [3.8, 4) is 0 Å². The van der Waals surface area contributed by atoms with Gasteiger partial charge in [-0.15, -0.1) is 0 Å². The van der Waals surface area contributed by atoms with E-state index in [0.29, 0.717) is 23.8 Å². The summed E-state index contributed by atoms with van der Waals surface area (Å²) in [6.45, 7) is 4.20. The number of fused-ring (bicyclic) bond motifs is 1. The van der Waals surface area contributed by atoms with E-state index in [1.807, 2.05) is 0 Å². The zero-order valence-electron chi connectivity index (χ0n) is 11.7. The van der Waals surface area contributed by atoms with Gasteiger partial charge in [0.15, 0.2) is 0 Å². The Kier molecular flexibility index (Phi) is 3.35. The first-order valence-corrected chi connectivity index (χ1v) is 7.72. The fraction of sp³-hybridized carbons (Fsp3) is 0.933. The Labute approximate surface area is 110 Å². The molecule has 1 N–H and O–H groups in total. The van der Waals surface area contributed by atoms with E-state index < -0.39 is 0 Å². The van der Waals surface area contributed by atoms with Crippen molar-refractivity contribution >= 4 is 5.91 Å². The number of amides is 1. The monoisotopic (exact) mass is 250 g/mol. The third kappa shape index (κ3) is 1.97. The van der Waals surface area contributed by atoms with E-state index in [1.54, 1.807) is 0 Å². The van der Waals surface area contributed by atoms with Crippen LogP contribution in [0.1, 0.15) is 39.0 Å². The van der Waals surface area contributed by atoms with E-state index in [-0.39, 0.29) is 0 Å². The number of likely N-dealkylation sites (tertiary alicyclic amines) is 1. The molecule has 0 aromatic carbocycles. The lowest BCUT2D eigenvalue weighted by Gasteiger charge is -2.38. The van der Waals surface area contributed by atoms with Gasteiger partial charge in [-0.05, 0) is 44.1 Å². The molecule has 3 nitrogen and oxygen atoms in total. The molecule has 2 saturated carbocycles. The van der Waals surface area contributed by atoms with E-state index in [2.05, 4.69) is 24.2 Å². The number of nitrogens with zero attached hydrogens (tertiary/aromatic N) is 1. The van der Waals surface area contributed by atoms with Gasteiger partial charge < -0.3 is 10.2 Å². The molecule has 1 amide bonds. The first-order valence-electron chi connectivity index (χ1n) is 7.72. The zero-order chi connectivity index (χ0) is 12.7. The molecule has 1 heterocycles. The third-order valence-corrected chi connectivity index (χ3v) is 5.63. The highest BCUT2D eigenvalue weighted by molar-refractivity contribution is 5.82. The van der Waals surface area contributed by atoms with E-state index in [9.17, 15) is 4.79 Å². The molecule has 3 aliphatic rings. The minimum atomic E-state index is 0.419. The summed E-state index contributed by atoms with van der Waals surface area (Å²) in [5.41, 5.74) is 0. The summed E-state index contributed by atoms with van der Waals surface area (Å²) in [6, 6.07) is 0.609. The molecular weight excluding hydrogens is 224 g/mol. The van der Waals surface area contributed by atoms with Gasteiger partial charge in [-0.2, -0.15) is 0 Å². The molecule has 2 aliphatic carbocycles. The third-order valence-electron chi connectivity index (χ3n) is 5.63. The van der Waals surface area contributed by atoms with Crippen LogP contribution in [0.2, 0.25) is 0 Å². The molecule has 4 atom stereocenters. The van der Waals surface area contributed by atoms with Crippen LogP contribution in [0.15, 0.2) is 0 Å². The quantitative estimate of drug-likeness (QED) is 0.829. The lowest BCUT2D eigenvalue weighted by atomic mass is 9.89. The second kappa shape index (κ2) is 4.84. The van der Waals surface area contributed by atoms with Gasteiger partial charge in [-0.3, -0.25) is 4.79 Å². The van der Waals surface area contributed by atoms with Crippen molar-refractivity contribution in [2.24, 2.45) is 23.7 Å². The van der Waals surface area contributed by atoms with Crippen LogP contribution in [0.25, 0.3) is 0 Å². The van der Waals surface area contributed by atoms with E-state index in [0.717, 1.165) is 31.3 Å². The van der Waals surface area contributed by atoms with Crippen LogP contribution in [-0.4, -0.2) is 37.0 Å². The highest BCUT2D eigenvalue weighted by atomic mass is 16.2. The Bertz CT molecular complexity index is 320. The molecule has 102 valence electrons. The maximum absolute atomic E-state index is 12.5. The van der Waals surface area contributed by atoms with Crippen LogP contribution >= 0.6 is 0 Å². The average molecular weight is 250 g/mol. The SMILES string of the molecule is CCC1CN(C(=O)C2C3CCCC32)CCC1NC. The van der Waals surface area contributed by atoms with Crippen molar-refractivity contribution in [3.63, 3.8) is 0 Å². The van der Waals surface area contributed by atoms with Crippen LogP contribution in [0.5, 0.6) is 0 Å². The zero-order valence-corrected chi connectivity index (χ0v) is 11.7. The summed E-state index contributed by atoms with van der Waals surface area (Å²) in [5.74, 6) is 3.07. The Hall–Kier alpha value is -0.570. The van der Waals surface area contributed by atoms with Crippen LogP contribution in [0.3, 0.4) is 0 Å². The minimum Gasteiger partial charge on any atom is -0.342 e. The molecule has 0 radical (unpaired) electrons. The van der Waals surface area contributed by atoms with Crippen LogP contribution in [0.4, 0.5) is 0 Å². The van der Waals surface area contributed by atoms with Gasteiger partial charge in [0.1, 0.15) is 0 Å².